The van der Waals surface area contributed by atoms with Gasteiger partial charge in [-0.25, -0.2) is 14.3 Å². The number of aliphatic carboxylic acids is 1. The molecule has 0 amide bonds. The van der Waals surface area contributed by atoms with Crippen LogP contribution < -0.4 is 16.1 Å². The summed E-state index contributed by atoms with van der Waals surface area (Å²) in [4.78, 5) is 36.9. The Morgan fingerprint density at radius 3 is 2.62 bits per heavy atom. The Balaban J connectivity index is 2.48. The van der Waals surface area contributed by atoms with Crippen LogP contribution in [-0.4, -0.2) is 38.0 Å². The third-order valence-electron chi connectivity index (χ3n) is 4.15. The Labute approximate surface area is 121 Å². The lowest BCUT2D eigenvalue weighted by Crippen LogP contribution is -2.52. The SMILES string of the molecule is CCC1CCN(c2nn(C)c(=O)n(C)c2=O)C(C(=O)O)C1. The fraction of sp³-hybridized carbons (Fsp3) is 0.692. The second kappa shape index (κ2) is 5.71. The molecule has 2 atom stereocenters. The van der Waals surface area contributed by atoms with Gasteiger partial charge in [0.05, 0.1) is 0 Å². The van der Waals surface area contributed by atoms with Gasteiger partial charge in [0.2, 0.25) is 5.82 Å². The molecule has 8 heteroatoms. The summed E-state index contributed by atoms with van der Waals surface area (Å²) in [5.74, 6) is -0.605. The zero-order valence-electron chi connectivity index (χ0n) is 12.4. The van der Waals surface area contributed by atoms with E-state index in [1.54, 1.807) is 0 Å². The number of piperidine rings is 1. The largest absolute Gasteiger partial charge is 0.480 e. The van der Waals surface area contributed by atoms with Crippen LogP contribution in [-0.2, 0) is 18.9 Å². The topological polar surface area (TPSA) is 97.4 Å². The molecule has 0 saturated carbocycles. The van der Waals surface area contributed by atoms with Crippen LogP contribution in [0.25, 0.3) is 0 Å². The van der Waals surface area contributed by atoms with Gasteiger partial charge in [-0.2, -0.15) is 0 Å². The molecule has 8 nitrogen and oxygen atoms in total. The van der Waals surface area contributed by atoms with E-state index in [-0.39, 0.29) is 5.82 Å². The van der Waals surface area contributed by atoms with Crippen molar-refractivity contribution in [3.8, 4) is 0 Å². The first kappa shape index (κ1) is 15.3. The third kappa shape index (κ3) is 2.70. The fourth-order valence-corrected chi connectivity index (χ4v) is 2.76. The summed E-state index contributed by atoms with van der Waals surface area (Å²) in [6.07, 6.45) is 2.21. The Kier molecular flexibility index (Phi) is 4.15. The van der Waals surface area contributed by atoms with E-state index in [1.807, 2.05) is 6.92 Å². The molecule has 1 aliphatic heterocycles. The lowest BCUT2D eigenvalue weighted by Gasteiger charge is -2.37. The molecule has 0 aromatic carbocycles. The maximum absolute atomic E-state index is 12.2. The first-order valence-corrected chi connectivity index (χ1v) is 7.00. The first-order valence-electron chi connectivity index (χ1n) is 7.00. The Morgan fingerprint density at radius 2 is 2.05 bits per heavy atom. The van der Waals surface area contributed by atoms with Gasteiger partial charge in [0, 0.05) is 20.6 Å². The summed E-state index contributed by atoms with van der Waals surface area (Å²) in [7, 11) is 2.81. The van der Waals surface area contributed by atoms with Crippen LogP contribution in [0, 0.1) is 5.92 Å². The average Bonchev–Trinajstić information content (AvgIpc) is 2.48. The summed E-state index contributed by atoms with van der Waals surface area (Å²) in [5, 5.41) is 13.4. The van der Waals surface area contributed by atoms with Crippen molar-refractivity contribution in [1.29, 1.82) is 0 Å². The van der Waals surface area contributed by atoms with Gasteiger partial charge in [0.25, 0.3) is 5.56 Å². The van der Waals surface area contributed by atoms with E-state index in [2.05, 4.69) is 5.10 Å². The number of aromatic nitrogens is 3. The molecule has 2 rings (SSSR count). The molecule has 0 bridgehead atoms. The van der Waals surface area contributed by atoms with Crippen LogP contribution in [0.5, 0.6) is 0 Å². The van der Waals surface area contributed by atoms with Gasteiger partial charge in [-0.1, -0.05) is 13.3 Å². The average molecular weight is 296 g/mol. The number of carbonyl (C=O) groups is 1. The van der Waals surface area contributed by atoms with E-state index < -0.39 is 23.3 Å². The summed E-state index contributed by atoms with van der Waals surface area (Å²) >= 11 is 0. The van der Waals surface area contributed by atoms with Crippen LogP contribution in [0.1, 0.15) is 26.2 Å². The van der Waals surface area contributed by atoms with Crippen LogP contribution in [0.2, 0.25) is 0 Å². The second-order valence-corrected chi connectivity index (χ2v) is 5.44. The van der Waals surface area contributed by atoms with Crippen molar-refractivity contribution in [2.24, 2.45) is 20.0 Å². The number of aryl methyl sites for hydroxylation is 1. The van der Waals surface area contributed by atoms with Gasteiger partial charge in [0.1, 0.15) is 6.04 Å². The second-order valence-electron chi connectivity index (χ2n) is 5.44. The van der Waals surface area contributed by atoms with E-state index in [0.717, 1.165) is 22.1 Å². The predicted molar refractivity (Wildman–Crippen MR) is 76.5 cm³/mol. The van der Waals surface area contributed by atoms with Crippen molar-refractivity contribution in [3.05, 3.63) is 20.8 Å². The molecule has 2 heterocycles. The summed E-state index contributed by atoms with van der Waals surface area (Å²) in [6, 6.07) is -0.776. The van der Waals surface area contributed by atoms with E-state index >= 15 is 0 Å². The highest BCUT2D eigenvalue weighted by molar-refractivity contribution is 5.77. The Bertz CT molecular complexity index is 663. The minimum Gasteiger partial charge on any atom is -0.480 e. The van der Waals surface area contributed by atoms with E-state index in [1.165, 1.54) is 19.0 Å². The molecule has 1 aliphatic rings. The number of anilines is 1. The van der Waals surface area contributed by atoms with Crippen LogP contribution >= 0.6 is 0 Å². The number of carboxylic acids is 1. The molecule has 1 fully saturated rings. The predicted octanol–water partition coefficient (Wildman–Crippen LogP) is -0.441. The van der Waals surface area contributed by atoms with Crippen LogP contribution in [0.3, 0.4) is 0 Å². The quantitative estimate of drug-likeness (QED) is 0.812. The van der Waals surface area contributed by atoms with E-state index in [9.17, 15) is 19.5 Å². The maximum atomic E-state index is 12.2. The lowest BCUT2D eigenvalue weighted by atomic mass is 9.89. The summed E-state index contributed by atoms with van der Waals surface area (Å²) in [6.45, 7) is 2.48. The van der Waals surface area contributed by atoms with Crippen molar-refractivity contribution >= 4 is 11.8 Å². The fourth-order valence-electron chi connectivity index (χ4n) is 2.76. The molecule has 1 saturated heterocycles. The highest BCUT2D eigenvalue weighted by Gasteiger charge is 2.35. The zero-order chi connectivity index (χ0) is 15.7. The van der Waals surface area contributed by atoms with Gasteiger partial charge >= 0.3 is 11.7 Å². The van der Waals surface area contributed by atoms with Crippen molar-refractivity contribution in [1.82, 2.24) is 14.3 Å². The highest BCUT2D eigenvalue weighted by Crippen LogP contribution is 2.27. The normalized spacial score (nSPS) is 22.3. The molecular weight excluding hydrogens is 276 g/mol. The summed E-state index contributed by atoms with van der Waals surface area (Å²) in [5.41, 5.74) is -1.08. The monoisotopic (exact) mass is 296 g/mol. The third-order valence-corrected chi connectivity index (χ3v) is 4.15. The maximum Gasteiger partial charge on any atom is 0.346 e. The van der Waals surface area contributed by atoms with Crippen molar-refractivity contribution < 1.29 is 9.90 Å². The molecule has 0 radical (unpaired) electrons. The van der Waals surface area contributed by atoms with Gasteiger partial charge in [-0.15, -0.1) is 5.10 Å². The molecule has 2 unspecified atom stereocenters. The van der Waals surface area contributed by atoms with E-state index in [4.69, 9.17) is 0 Å². The molecule has 0 spiro atoms. The van der Waals surface area contributed by atoms with Crippen molar-refractivity contribution in [2.75, 3.05) is 11.4 Å². The molecule has 1 aromatic rings. The molecule has 0 aliphatic carbocycles. The number of rotatable bonds is 3. The Hall–Kier alpha value is -2.12. The minimum atomic E-state index is -0.967. The zero-order valence-corrected chi connectivity index (χ0v) is 12.4. The molecule has 1 aromatic heterocycles. The highest BCUT2D eigenvalue weighted by atomic mass is 16.4. The van der Waals surface area contributed by atoms with Gasteiger partial charge in [-0.3, -0.25) is 9.36 Å². The van der Waals surface area contributed by atoms with Crippen LogP contribution in [0.15, 0.2) is 9.59 Å². The first-order chi connectivity index (χ1) is 9.86. The number of hydrogen-bond donors (Lipinski definition) is 1. The lowest BCUT2D eigenvalue weighted by molar-refractivity contribution is -0.139. The molecule has 21 heavy (non-hydrogen) atoms. The molecule has 116 valence electrons. The van der Waals surface area contributed by atoms with Crippen molar-refractivity contribution in [3.63, 3.8) is 0 Å². The number of hydrogen-bond acceptors (Lipinski definition) is 5. The number of nitrogens with zero attached hydrogens (tertiary/aromatic N) is 4. The van der Waals surface area contributed by atoms with Crippen LogP contribution in [0.4, 0.5) is 5.82 Å². The van der Waals surface area contributed by atoms with Gasteiger partial charge in [-0.05, 0) is 18.8 Å². The summed E-state index contributed by atoms with van der Waals surface area (Å²) < 4.78 is 2.01. The minimum absolute atomic E-state index is 0.0292. The molecular formula is C13H20N4O4. The standard InChI is InChI=1S/C13H20N4O4/c1-4-8-5-6-17(9(7-8)12(19)20)10-11(18)15(2)13(21)16(3)14-10/h8-9H,4-7H2,1-3H3,(H,19,20). The van der Waals surface area contributed by atoms with E-state index in [0.29, 0.717) is 18.9 Å². The Morgan fingerprint density at radius 1 is 1.38 bits per heavy atom. The van der Waals surface area contributed by atoms with Gasteiger partial charge in [0.15, 0.2) is 0 Å². The molecule has 1 N–H and O–H groups in total. The smallest absolute Gasteiger partial charge is 0.346 e. The number of carboxylic acid groups (broad SMARTS) is 1. The van der Waals surface area contributed by atoms with Crippen molar-refractivity contribution in [2.45, 2.75) is 32.2 Å². The van der Waals surface area contributed by atoms with Gasteiger partial charge < -0.3 is 10.0 Å².